The predicted molar refractivity (Wildman–Crippen MR) is 72.6 cm³/mol. The summed E-state index contributed by atoms with van der Waals surface area (Å²) in [5.74, 6) is 0. The van der Waals surface area contributed by atoms with Crippen LogP contribution in [0.3, 0.4) is 0 Å². The molecule has 1 aromatic heterocycles. The van der Waals surface area contributed by atoms with E-state index in [9.17, 15) is 0 Å². The van der Waals surface area contributed by atoms with Crippen LogP contribution in [0.5, 0.6) is 0 Å². The summed E-state index contributed by atoms with van der Waals surface area (Å²) < 4.78 is 7.14. The van der Waals surface area contributed by atoms with Crippen LogP contribution in [0.15, 0.2) is 44.1 Å². The van der Waals surface area contributed by atoms with Crippen LogP contribution in [-0.4, -0.2) is 0 Å². The van der Waals surface area contributed by atoms with Crippen molar-refractivity contribution in [2.45, 2.75) is 13.5 Å². The molecule has 0 aliphatic rings. The van der Waals surface area contributed by atoms with Crippen LogP contribution in [0, 0.1) is 6.92 Å². The summed E-state index contributed by atoms with van der Waals surface area (Å²) in [5, 5.41) is 3.36. The van der Waals surface area contributed by atoms with Gasteiger partial charge in [-0.25, -0.2) is 0 Å². The summed E-state index contributed by atoms with van der Waals surface area (Å²) in [6.45, 7) is 2.81. The summed E-state index contributed by atoms with van der Waals surface area (Å²) in [5.41, 5.74) is 3.40. The van der Waals surface area contributed by atoms with Gasteiger partial charge in [0.15, 0.2) is 0 Å². The fraction of sp³-hybridized carbons (Fsp3) is 0.167. The Bertz CT molecular complexity index is 457. The van der Waals surface area contributed by atoms with Crippen molar-refractivity contribution in [1.82, 2.24) is 0 Å². The van der Waals surface area contributed by atoms with Gasteiger partial charge in [0.2, 0.25) is 0 Å². The van der Waals surface area contributed by atoms with E-state index in [2.05, 4.69) is 56.2 Å². The molecule has 1 heterocycles. The molecule has 0 aliphatic heterocycles. The van der Waals surface area contributed by atoms with E-state index < -0.39 is 0 Å². The van der Waals surface area contributed by atoms with Crippen molar-refractivity contribution in [1.29, 1.82) is 0 Å². The third kappa shape index (κ3) is 2.68. The minimum atomic E-state index is 0.747. The Morgan fingerprint density at radius 3 is 2.50 bits per heavy atom. The van der Waals surface area contributed by atoms with E-state index in [1.165, 1.54) is 5.56 Å². The van der Waals surface area contributed by atoms with Gasteiger partial charge >= 0.3 is 0 Å². The van der Waals surface area contributed by atoms with E-state index in [0.29, 0.717) is 0 Å². The van der Waals surface area contributed by atoms with Gasteiger partial charge in [0.05, 0.1) is 18.2 Å². The van der Waals surface area contributed by atoms with Crippen LogP contribution >= 0.6 is 31.9 Å². The fourth-order valence-corrected chi connectivity index (χ4v) is 3.15. The second-order valence-electron chi connectivity index (χ2n) is 3.59. The van der Waals surface area contributed by atoms with Crippen molar-refractivity contribution in [2.75, 3.05) is 5.32 Å². The molecule has 0 fully saturated rings. The summed E-state index contributed by atoms with van der Waals surface area (Å²) in [7, 11) is 0. The molecule has 0 aliphatic carbocycles. The minimum absolute atomic E-state index is 0.747. The van der Waals surface area contributed by atoms with Crippen LogP contribution in [-0.2, 0) is 6.54 Å². The third-order valence-electron chi connectivity index (χ3n) is 2.24. The molecule has 2 rings (SSSR count). The maximum absolute atomic E-state index is 5.02. The van der Waals surface area contributed by atoms with E-state index in [-0.39, 0.29) is 0 Å². The Hall–Kier alpha value is -0.740. The normalized spacial score (nSPS) is 10.4. The number of nitrogens with one attached hydrogen (secondary N) is 1. The average Bonchev–Trinajstić information content (AvgIpc) is 2.68. The van der Waals surface area contributed by atoms with E-state index >= 15 is 0 Å². The number of halogens is 2. The molecule has 16 heavy (non-hydrogen) atoms. The van der Waals surface area contributed by atoms with Crippen LogP contribution in [0.1, 0.15) is 11.1 Å². The number of benzene rings is 1. The standard InChI is InChI=1S/C12H11Br2NO/c1-8-4-10(13)12(11(14)5-8)15-6-9-2-3-16-7-9/h2-5,7,15H,6H2,1H3. The molecule has 0 spiro atoms. The summed E-state index contributed by atoms with van der Waals surface area (Å²) in [6.07, 6.45) is 3.42. The molecule has 4 heteroatoms. The van der Waals surface area contributed by atoms with Crippen LogP contribution < -0.4 is 5.32 Å². The molecule has 0 unspecified atom stereocenters. The highest BCUT2D eigenvalue weighted by Gasteiger charge is 2.05. The first kappa shape index (κ1) is 11.7. The Morgan fingerprint density at radius 2 is 1.94 bits per heavy atom. The highest BCUT2D eigenvalue weighted by Crippen LogP contribution is 2.32. The molecular formula is C12H11Br2NO. The average molecular weight is 345 g/mol. The monoisotopic (exact) mass is 343 g/mol. The molecule has 0 atom stereocenters. The number of hydrogen-bond donors (Lipinski definition) is 1. The quantitative estimate of drug-likeness (QED) is 0.871. The molecule has 84 valence electrons. The first-order valence-electron chi connectivity index (χ1n) is 4.87. The molecule has 1 aromatic carbocycles. The summed E-state index contributed by atoms with van der Waals surface area (Å²) >= 11 is 7.09. The van der Waals surface area contributed by atoms with Crippen molar-refractivity contribution in [3.8, 4) is 0 Å². The zero-order valence-corrected chi connectivity index (χ0v) is 11.9. The topological polar surface area (TPSA) is 25.2 Å². The maximum atomic E-state index is 5.02. The number of hydrogen-bond acceptors (Lipinski definition) is 2. The zero-order valence-electron chi connectivity index (χ0n) is 8.76. The largest absolute Gasteiger partial charge is 0.472 e. The molecule has 1 N–H and O–H groups in total. The SMILES string of the molecule is Cc1cc(Br)c(NCc2ccoc2)c(Br)c1. The molecule has 2 nitrogen and oxygen atoms in total. The summed E-state index contributed by atoms with van der Waals surface area (Å²) in [6, 6.07) is 6.12. The lowest BCUT2D eigenvalue weighted by Crippen LogP contribution is -2.00. The van der Waals surface area contributed by atoms with Crippen LogP contribution in [0.25, 0.3) is 0 Å². The predicted octanol–water partition coefficient (Wildman–Crippen LogP) is 4.73. The Balaban J connectivity index is 2.15. The van der Waals surface area contributed by atoms with Gasteiger partial charge in [-0.15, -0.1) is 0 Å². The number of furan rings is 1. The van der Waals surface area contributed by atoms with Crippen molar-refractivity contribution in [3.63, 3.8) is 0 Å². The molecule has 0 saturated carbocycles. The number of anilines is 1. The van der Waals surface area contributed by atoms with Crippen LogP contribution in [0.2, 0.25) is 0 Å². The molecular weight excluding hydrogens is 334 g/mol. The van der Waals surface area contributed by atoms with Crippen molar-refractivity contribution >= 4 is 37.5 Å². The highest BCUT2D eigenvalue weighted by molar-refractivity contribution is 9.11. The van der Waals surface area contributed by atoms with Crippen molar-refractivity contribution in [3.05, 3.63) is 50.8 Å². The van der Waals surface area contributed by atoms with Gasteiger partial charge < -0.3 is 9.73 Å². The Morgan fingerprint density at radius 1 is 1.25 bits per heavy atom. The molecule has 0 amide bonds. The summed E-state index contributed by atoms with van der Waals surface area (Å²) in [4.78, 5) is 0. The maximum Gasteiger partial charge on any atom is 0.0952 e. The van der Waals surface area contributed by atoms with Gasteiger partial charge in [0.1, 0.15) is 0 Å². The number of rotatable bonds is 3. The zero-order chi connectivity index (χ0) is 11.5. The van der Waals surface area contributed by atoms with Gasteiger partial charge in [-0.05, 0) is 62.5 Å². The molecule has 0 bridgehead atoms. The van der Waals surface area contributed by atoms with Gasteiger partial charge in [0.25, 0.3) is 0 Å². The Labute approximate surface area is 111 Å². The van der Waals surface area contributed by atoms with Gasteiger partial charge in [-0.1, -0.05) is 0 Å². The van der Waals surface area contributed by atoms with E-state index in [1.54, 1.807) is 12.5 Å². The lowest BCUT2D eigenvalue weighted by molar-refractivity contribution is 0.564. The fourth-order valence-electron chi connectivity index (χ4n) is 1.45. The van der Waals surface area contributed by atoms with E-state index in [0.717, 1.165) is 26.7 Å². The molecule has 0 radical (unpaired) electrons. The number of aryl methyl sites for hydroxylation is 1. The lowest BCUT2D eigenvalue weighted by Gasteiger charge is -2.10. The lowest BCUT2D eigenvalue weighted by atomic mass is 10.2. The van der Waals surface area contributed by atoms with Gasteiger partial charge in [-0.2, -0.15) is 0 Å². The first-order chi connectivity index (χ1) is 7.66. The second-order valence-corrected chi connectivity index (χ2v) is 5.30. The van der Waals surface area contributed by atoms with E-state index in [1.807, 2.05) is 6.07 Å². The highest BCUT2D eigenvalue weighted by atomic mass is 79.9. The minimum Gasteiger partial charge on any atom is -0.472 e. The van der Waals surface area contributed by atoms with Crippen LogP contribution in [0.4, 0.5) is 5.69 Å². The van der Waals surface area contributed by atoms with Crippen molar-refractivity contribution < 1.29 is 4.42 Å². The van der Waals surface area contributed by atoms with Gasteiger partial charge in [0, 0.05) is 21.1 Å². The smallest absolute Gasteiger partial charge is 0.0952 e. The van der Waals surface area contributed by atoms with E-state index in [4.69, 9.17) is 4.42 Å². The third-order valence-corrected chi connectivity index (χ3v) is 3.49. The second kappa shape index (κ2) is 5.06. The molecule has 2 aromatic rings. The Kier molecular flexibility index (Phi) is 3.71. The molecule has 0 saturated heterocycles. The van der Waals surface area contributed by atoms with Gasteiger partial charge in [-0.3, -0.25) is 0 Å². The van der Waals surface area contributed by atoms with Crippen molar-refractivity contribution in [2.24, 2.45) is 0 Å². The first-order valence-corrected chi connectivity index (χ1v) is 6.46.